The minimum atomic E-state index is 0. The SMILES string of the molecule is Cl.Cl.O=C(CN1CCN(C(=O)CNCC2CC2)CC1)NC1CC1. The molecule has 2 saturated carbocycles. The van der Waals surface area contributed by atoms with Gasteiger partial charge < -0.3 is 15.5 Å². The number of rotatable bonds is 7. The summed E-state index contributed by atoms with van der Waals surface area (Å²) in [4.78, 5) is 27.8. The van der Waals surface area contributed by atoms with Crippen molar-refractivity contribution in [3.8, 4) is 0 Å². The van der Waals surface area contributed by atoms with Gasteiger partial charge in [-0.15, -0.1) is 24.8 Å². The van der Waals surface area contributed by atoms with E-state index in [1.165, 1.54) is 12.8 Å². The summed E-state index contributed by atoms with van der Waals surface area (Å²) in [6.45, 7) is 4.98. The summed E-state index contributed by atoms with van der Waals surface area (Å²) in [5, 5.41) is 6.26. The number of carbonyl (C=O) groups excluding carboxylic acids is 2. The van der Waals surface area contributed by atoms with Crippen molar-refractivity contribution in [2.75, 3.05) is 45.8 Å². The van der Waals surface area contributed by atoms with Crippen molar-refractivity contribution >= 4 is 36.6 Å². The third kappa shape index (κ3) is 7.25. The summed E-state index contributed by atoms with van der Waals surface area (Å²) in [5.41, 5.74) is 0. The number of hydrogen-bond acceptors (Lipinski definition) is 4. The maximum absolute atomic E-state index is 12.0. The molecule has 23 heavy (non-hydrogen) atoms. The Bertz CT molecular complexity index is 395. The third-order valence-electron chi connectivity index (χ3n) is 4.44. The van der Waals surface area contributed by atoms with Crippen LogP contribution < -0.4 is 10.6 Å². The first kappa shape index (κ1) is 20.5. The number of nitrogens with zero attached hydrogens (tertiary/aromatic N) is 2. The van der Waals surface area contributed by atoms with Crippen LogP contribution in [-0.2, 0) is 9.59 Å². The zero-order valence-electron chi connectivity index (χ0n) is 13.5. The third-order valence-corrected chi connectivity index (χ3v) is 4.44. The van der Waals surface area contributed by atoms with Crippen LogP contribution in [0.1, 0.15) is 25.7 Å². The van der Waals surface area contributed by atoms with E-state index in [2.05, 4.69) is 15.5 Å². The van der Waals surface area contributed by atoms with Crippen molar-refractivity contribution in [2.24, 2.45) is 5.92 Å². The molecule has 1 aliphatic heterocycles. The first-order valence-corrected chi connectivity index (χ1v) is 8.21. The highest BCUT2D eigenvalue weighted by Crippen LogP contribution is 2.27. The maximum atomic E-state index is 12.0. The Hall–Kier alpha value is -0.560. The molecule has 1 heterocycles. The minimum absolute atomic E-state index is 0. The highest BCUT2D eigenvalue weighted by molar-refractivity contribution is 5.85. The summed E-state index contributed by atoms with van der Waals surface area (Å²) < 4.78 is 0. The average Bonchev–Trinajstić information content (AvgIpc) is 3.35. The van der Waals surface area contributed by atoms with E-state index < -0.39 is 0 Å². The molecule has 8 heteroatoms. The molecule has 3 aliphatic rings. The quantitative estimate of drug-likeness (QED) is 0.677. The van der Waals surface area contributed by atoms with Gasteiger partial charge in [0.2, 0.25) is 11.8 Å². The molecule has 0 unspecified atom stereocenters. The van der Waals surface area contributed by atoms with Crippen LogP contribution in [0.25, 0.3) is 0 Å². The second-order valence-electron chi connectivity index (χ2n) is 6.57. The molecule has 134 valence electrons. The Morgan fingerprint density at radius 3 is 2.17 bits per heavy atom. The molecule has 2 N–H and O–H groups in total. The van der Waals surface area contributed by atoms with Crippen LogP contribution in [0.3, 0.4) is 0 Å². The van der Waals surface area contributed by atoms with E-state index in [1.54, 1.807) is 0 Å². The first-order chi connectivity index (χ1) is 10.2. The van der Waals surface area contributed by atoms with Gasteiger partial charge in [0.25, 0.3) is 0 Å². The highest BCUT2D eigenvalue weighted by Gasteiger charge is 2.26. The number of amides is 2. The van der Waals surface area contributed by atoms with Gasteiger partial charge in [-0.05, 0) is 38.1 Å². The zero-order chi connectivity index (χ0) is 14.7. The van der Waals surface area contributed by atoms with Gasteiger partial charge in [0.15, 0.2) is 0 Å². The molecule has 2 aliphatic carbocycles. The minimum Gasteiger partial charge on any atom is -0.352 e. The molecule has 0 radical (unpaired) electrons. The number of nitrogens with one attached hydrogen (secondary N) is 2. The lowest BCUT2D eigenvalue weighted by atomic mass is 10.3. The lowest BCUT2D eigenvalue weighted by molar-refractivity contribution is -0.132. The molecular formula is C15H28Cl2N4O2. The van der Waals surface area contributed by atoms with E-state index in [-0.39, 0.29) is 36.6 Å². The summed E-state index contributed by atoms with van der Waals surface area (Å²) >= 11 is 0. The summed E-state index contributed by atoms with van der Waals surface area (Å²) in [6, 6.07) is 0.429. The lowest BCUT2D eigenvalue weighted by Gasteiger charge is -2.34. The molecule has 2 amide bonds. The van der Waals surface area contributed by atoms with Crippen molar-refractivity contribution in [1.82, 2.24) is 20.4 Å². The summed E-state index contributed by atoms with van der Waals surface area (Å²) in [5.74, 6) is 1.13. The van der Waals surface area contributed by atoms with Crippen molar-refractivity contribution in [3.63, 3.8) is 0 Å². The molecule has 0 atom stereocenters. The van der Waals surface area contributed by atoms with Crippen molar-refractivity contribution < 1.29 is 9.59 Å². The molecule has 6 nitrogen and oxygen atoms in total. The Balaban J connectivity index is 0.00000132. The monoisotopic (exact) mass is 366 g/mol. The molecule has 3 fully saturated rings. The largest absolute Gasteiger partial charge is 0.352 e. The topological polar surface area (TPSA) is 64.7 Å². The fourth-order valence-corrected chi connectivity index (χ4v) is 2.68. The molecule has 0 bridgehead atoms. The van der Waals surface area contributed by atoms with Gasteiger partial charge in [-0.2, -0.15) is 0 Å². The van der Waals surface area contributed by atoms with Gasteiger partial charge in [-0.1, -0.05) is 0 Å². The Labute approximate surface area is 150 Å². The number of carbonyl (C=O) groups is 2. The second kappa shape index (κ2) is 9.67. The van der Waals surface area contributed by atoms with Gasteiger partial charge in [-0.3, -0.25) is 14.5 Å². The van der Waals surface area contributed by atoms with Crippen LogP contribution in [0, 0.1) is 5.92 Å². The van der Waals surface area contributed by atoms with Crippen molar-refractivity contribution in [1.29, 1.82) is 0 Å². The molecule has 0 aromatic carbocycles. The van der Waals surface area contributed by atoms with Crippen LogP contribution in [0.4, 0.5) is 0 Å². The smallest absolute Gasteiger partial charge is 0.236 e. The van der Waals surface area contributed by atoms with Gasteiger partial charge in [0.1, 0.15) is 0 Å². The van der Waals surface area contributed by atoms with E-state index >= 15 is 0 Å². The lowest BCUT2D eigenvalue weighted by Crippen LogP contribution is -2.52. The fraction of sp³-hybridized carbons (Fsp3) is 0.867. The fourth-order valence-electron chi connectivity index (χ4n) is 2.68. The molecule has 0 spiro atoms. The van der Waals surface area contributed by atoms with Crippen molar-refractivity contribution in [2.45, 2.75) is 31.7 Å². The Morgan fingerprint density at radius 1 is 0.957 bits per heavy atom. The predicted octanol–water partition coefficient (Wildman–Crippen LogP) is 0.252. The molecular weight excluding hydrogens is 339 g/mol. The van der Waals surface area contributed by atoms with E-state index in [0.717, 1.165) is 51.5 Å². The normalized spacial score (nSPS) is 21.1. The van der Waals surface area contributed by atoms with Gasteiger partial charge in [0.05, 0.1) is 13.1 Å². The molecule has 3 rings (SSSR count). The van der Waals surface area contributed by atoms with Crippen molar-refractivity contribution in [3.05, 3.63) is 0 Å². The standard InChI is InChI=1S/C15H26N4O2.2ClH/c20-14(17-13-3-4-13)11-18-5-7-19(8-6-18)15(21)10-16-9-12-1-2-12;;/h12-13,16H,1-11H2,(H,17,20);2*1H. The zero-order valence-corrected chi connectivity index (χ0v) is 15.1. The van der Waals surface area contributed by atoms with Gasteiger partial charge in [0, 0.05) is 32.2 Å². The Morgan fingerprint density at radius 2 is 1.61 bits per heavy atom. The molecule has 0 aromatic rings. The summed E-state index contributed by atoms with van der Waals surface area (Å²) in [6.07, 6.45) is 4.87. The highest BCUT2D eigenvalue weighted by atomic mass is 35.5. The number of hydrogen-bond donors (Lipinski definition) is 2. The first-order valence-electron chi connectivity index (χ1n) is 8.21. The average molecular weight is 367 g/mol. The van der Waals surface area contributed by atoms with Crippen LogP contribution in [0.15, 0.2) is 0 Å². The Kier molecular flexibility index (Phi) is 8.61. The second-order valence-corrected chi connectivity index (χ2v) is 6.57. The summed E-state index contributed by atoms with van der Waals surface area (Å²) in [7, 11) is 0. The number of halogens is 2. The van der Waals surface area contributed by atoms with E-state index in [1.807, 2.05) is 4.90 Å². The van der Waals surface area contributed by atoms with Crippen LogP contribution >= 0.6 is 24.8 Å². The molecule has 1 saturated heterocycles. The van der Waals surface area contributed by atoms with E-state index in [0.29, 0.717) is 19.1 Å². The van der Waals surface area contributed by atoms with E-state index in [9.17, 15) is 9.59 Å². The van der Waals surface area contributed by atoms with E-state index in [4.69, 9.17) is 0 Å². The molecule has 0 aromatic heterocycles. The van der Waals surface area contributed by atoms with Gasteiger partial charge in [-0.25, -0.2) is 0 Å². The maximum Gasteiger partial charge on any atom is 0.236 e. The number of piperazine rings is 1. The predicted molar refractivity (Wildman–Crippen MR) is 94.3 cm³/mol. The van der Waals surface area contributed by atoms with Gasteiger partial charge >= 0.3 is 0 Å². The van der Waals surface area contributed by atoms with Crippen LogP contribution in [-0.4, -0.2) is 73.5 Å². The van der Waals surface area contributed by atoms with Crippen LogP contribution in [0.2, 0.25) is 0 Å². The van der Waals surface area contributed by atoms with Crippen LogP contribution in [0.5, 0.6) is 0 Å².